The largest absolute Gasteiger partial charge is 0.393 e. The summed E-state index contributed by atoms with van der Waals surface area (Å²) in [7, 11) is 0. The number of rotatable bonds is 5. The van der Waals surface area contributed by atoms with Crippen molar-refractivity contribution in [2.75, 3.05) is 0 Å². The molecule has 0 bridgehead atoms. The molecule has 0 radical (unpaired) electrons. The van der Waals surface area contributed by atoms with Gasteiger partial charge in [-0.2, -0.15) is 0 Å². The van der Waals surface area contributed by atoms with Gasteiger partial charge < -0.3 is 19.3 Å². The van der Waals surface area contributed by atoms with Crippen LogP contribution < -0.4 is 0 Å². The van der Waals surface area contributed by atoms with Crippen molar-refractivity contribution >= 4 is 35.8 Å². The zero-order valence-corrected chi connectivity index (χ0v) is 19.5. The molecule has 0 spiro atoms. The Morgan fingerprint density at radius 1 is 0.516 bits per heavy atom. The minimum atomic E-state index is -2.91. The van der Waals surface area contributed by atoms with Crippen molar-refractivity contribution in [2.45, 2.75) is 80.8 Å². The highest BCUT2D eigenvalue weighted by molar-refractivity contribution is 5.99. The van der Waals surface area contributed by atoms with E-state index in [9.17, 15) is 33.9 Å². The van der Waals surface area contributed by atoms with Crippen molar-refractivity contribution in [2.24, 2.45) is 16.2 Å². The maximum Gasteiger partial charge on any atom is 0.347 e. The number of hydrogen-bond donors (Lipinski definition) is 1. The summed E-state index contributed by atoms with van der Waals surface area (Å²) < 4.78 is 13.8. The van der Waals surface area contributed by atoms with Crippen LogP contribution in [0.3, 0.4) is 0 Å². The Hall–Kier alpha value is -2.62. The number of carbonyl (C=O) groups is 6. The molecule has 0 aromatic carbocycles. The van der Waals surface area contributed by atoms with E-state index in [1.807, 2.05) is 0 Å². The van der Waals surface area contributed by atoms with Crippen LogP contribution in [0.1, 0.15) is 75.2 Å². The minimum Gasteiger partial charge on any atom is -0.393 e. The molecule has 10 nitrogen and oxygen atoms in total. The average Bonchev–Trinajstić information content (AvgIpc) is 2.51. The van der Waals surface area contributed by atoms with Gasteiger partial charge in [-0.05, 0) is 62.3 Å². The maximum absolute atomic E-state index is 12.5. The number of aliphatic hydroxyl groups is 1. The van der Waals surface area contributed by atoms with Crippen LogP contribution in [-0.4, -0.2) is 46.5 Å². The normalized spacial score (nSPS) is 12.6. The summed E-state index contributed by atoms with van der Waals surface area (Å²) in [5.41, 5.74) is -6.17. The molecule has 0 atom stereocenters. The van der Waals surface area contributed by atoms with E-state index in [1.54, 1.807) is 0 Å². The zero-order chi connectivity index (χ0) is 25.0. The van der Waals surface area contributed by atoms with Gasteiger partial charge in [-0.15, -0.1) is 0 Å². The van der Waals surface area contributed by atoms with Crippen LogP contribution >= 0.6 is 0 Å². The molecule has 0 aliphatic rings. The van der Waals surface area contributed by atoms with Gasteiger partial charge in [-0.1, -0.05) is 0 Å². The quantitative estimate of drug-likeness (QED) is 0.378. The van der Waals surface area contributed by atoms with Gasteiger partial charge in [0.05, 0.1) is 29.1 Å². The monoisotopic (exact) mass is 444 g/mol. The van der Waals surface area contributed by atoms with Crippen LogP contribution in [0.4, 0.5) is 0 Å². The molecule has 0 saturated carbocycles. The molecule has 0 rings (SSSR count). The zero-order valence-electron chi connectivity index (χ0n) is 19.5. The van der Waals surface area contributed by atoms with E-state index >= 15 is 0 Å². The molecule has 0 heterocycles. The number of esters is 6. The Morgan fingerprint density at radius 2 is 0.774 bits per heavy atom. The van der Waals surface area contributed by atoms with E-state index in [0.29, 0.717) is 0 Å². The van der Waals surface area contributed by atoms with Gasteiger partial charge >= 0.3 is 35.8 Å². The third-order valence-corrected chi connectivity index (χ3v) is 3.69. The van der Waals surface area contributed by atoms with Gasteiger partial charge in [0.25, 0.3) is 0 Å². The van der Waals surface area contributed by atoms with Crippen LogP contribution in [0, 0.1) is 16.2 Å². The molecule has 0 aliphatic carbocycles. The van der Waals surface area contributed by atoms with E-state index in [1.165, 1.54) is 62.3 Å². The molecule has 176 valence electrons. The van der Waals surface area contributed by atoms with Crippen molar-refractivity contribution in [3.8, 4) is 0 Å². The second-order valence-electron chi connectivity index (χ2n) is 10.3. The van der Waals surface area contributed by atoms with E-state index < -0.39 is 70.5 Å². The predicted molar refractivity (Wildman–Crippen MR) is 106 cm³/mol. The molecule has 0 saturated heterocycles. The lowest BCUT2D eigenvalue weighted by Gasteiger charge is -2.26. The van der Waals surface area contributed by atoms with Crippen LogP contribution in [0.2, 0.25) is 0 Å². The lowest BCUT2D eigenvalue weighted by Crippen LogP contribution is -2.47. The number of carbonyl (C=O) groups excluding carboxylic acids is 6. The maximum atomic E-state index is 12.5. The second kappa shape index (κ2) is 9.67. The summed E-state index contributed by atoms with van der Waals surface area (Å²) >= 11 is 0. The molecule has 0 aromatic heterocycles. The third-order valence-electron chi connectivity index (χ3n) is 3.69. The highest BCUT2D eigenvalue weighted by Gasteiger charge is 2.46. The highest BCUT2D eigenvalue weighted by Crippen LogP contribution is 2.25. The fraction of sp³-hybridized carbons (Fsp3) is 0.714. The van der Waals surface area contributed by atoms with Crippen LogP contribution in [0.5, 0.6) is 0 Å². The standard InChI is InChI=1S/C21H32O10/c1-18(2,3)14(24)29-12(22)10-21(28,17(27)31-16(26)20(7,8)9)11-13(23)30-15(25)19(4,5)6/h28H,10-11H2,1-9H3. The average molecular weight is 444 g/mol. The first-order chi connectivity index (χ1) is 13.6. The predicted octanol–water partition coefficient (Wildman–Crippen LogP) is 1.85. The van der Waals surface area contributed by atoms with E-state index in [4.69, 9.17) is 0 Å². The first kappa shape index (κ1) is 28.4. The van der Waals surface area contributed by atoms with Crippen LogP contribution in [0.15, 0.2) is 0 Å². The van der Waals surface area contributed by atoms with Gasteiger partial charge in [0, 0.05) is 0 Å². The molecule has 0 amide bonds. The Balaban J connectivity index is 5.69. The Bertz CT molecular complexity index is 715. The molecule has 0 unspecified atom stereocenters. The Morgan fingerprint density at radius 3 is 1.03 bits per heavy atom. The van der Waals surface area contributed by atoms with Crippen LogP contribution in [0.25, 0.3) is 0 Å². The summed E-state index contributed by atoms with van der Waals surface area (Å²) in [6, 6.07) is 0. The molecular weight excluding hydrogens is 412 g/mol. The highest BCUT2D eigenvalue weighted by atomic mass is 16.6. The summed E-state index contributed by atoms with van der Waals surface area (Å²) in [6.45, 7) is 13.2. The van der Waals surface area contributed by atoms with Crippen molar-refractivity contribution in [1.82, 2.24) is 0 Å². The first-order valence-electron chi connectivity index (χ1n) is 9.59. The van der Waals surface area contributed by atoms with Gasteiger partial charge in [-0.3, -0.25) is 24.0 Å². The lowest BCUT2D eigenvalue weighted by molar-refractivity contribution is -0.188. The third kappa shape index (κ3) is 9.37. The number of hydrogen-bond acceptors (Lipinski definition) is 10. The van der Waals surface area contributed by atoms with Crippen LogP contribution in [-0.2, 0) is 43.0 Å². The second-order valence-corrected chi connectivity index (χ2v) is 10.3. The Labute approximate surface area is 181 Å². The molecular formula is C21H32O10. The summed E-state index contributed by atoms with van der Waals surface area (Å²) in [4.78, 5) is 72.6. The van der Waals surface area contributed by atoms with Gasteiger partial charge in [0.1, 0.15) is 0 Å². The molecule has 0 aromatic rings. The van der Waals surface area contributed by atoms with E-state index in [2.05, 4.69) is 14.2 Å². The van der Waals surface area contributed by atoms with Crippen molar-refractivity contribution in [3.63, 3.8) is 0 Å². The van der Waals surface area contributed by atoms with Crippen molar-refractivity contribution in [1.29, 1.82) is 0 Å². The van der Waals surface area contributed by atoms with E-state index in [0.717, 1.165) is 0 Å². The lowest BCUT2D eigenvalue weighted by atomic mass is 9.93. The molecule has 0 aliphatic heterocycles. The first-order valence-corrected chi connectivity index (χ1v) is 9.59. The minimum absolute atomic E-state index is 0.940. The molecule has 1 N–H and O–H groups in total. The fourth-order valence-electron chi connectivity index (χ4n) is 1.60. The van der Waals surface area contributed by atoms with Gasteiger partial charge in [-0.25, -0.2) is 4.79 Å². The summed E-state index contributed by atoms with van der Waals surface area (Å²) in [6.07, 6.45) is -2.38. The smallest absolute Gasteiger partial charge is 0.347 e. The SMILES string of the molecule is CC(C)(C)C(=O)OC(=O)CC(O)(CC(=O)OC(=O)C(C)(C)C)C(=O)OC(=O)C(C)(C)C. The summed E-state index contributed by atoms with van der Waals surface area (Å²) in [5, 5.41) is 10.7. The molecule has 10 heteroatoms. The molecule has 0 fully saturated rings. The van der Waals surface area contributed by atoms with Crippen molar-refractivity contribution in [3.05, 3.63) is 0 Å². The van der Waals surface area contributed by atoms with Gasteiger partial charge in [0.15, 0.2) is 5.60 Å². The topological polar surface area (TPSA) is 150 Å². The van der Waals surface area contributed by atoms with E-state index in [-0.39, 0.29) is 0 Å². The summed E-state index contributed by atoms with van der Waals surface area (Å²) in [5.74, 6) is -7.20. The fourth-order valence-corrected chi connectivity index (χ4v) is 1.60. The number of ether oxygens (including phenoxy) is 3. The van der Waals surface area contributed by atoms with Gasteiger partial charge in [0.2, 0.25) is 0 Å². The molecule has 31 heavy (non-hydrogen) atoms. The van der Waals surface area contributed by atoms with Crippen molar-refractivity contribution < 1.29 is 48.1 Å². The Kier molecular flexibility index (Phi) is 8.86.